The van der Waals surface area contributed by atoms with Gasteiger partial charge in [-0.3, -0.25) is 14.4 Å². The van der Waals surface area contributed by atoms with Crippen molar-refractivity contribution in [3.63, 3.8) is 0 Å². The molecule has 8 nitrogen and oxygen atoms in total. The van der Waals surface area contributed by atoms with Crippen molar-refractivity contribution in [1.29, 1.82) is 0 Å². The molecule has 0 aliphatic carbocycles. The Balaban J connectivity index is 1.76. The van der Waals surface area contributed by atoms with Gasteiger partial charge in [-0.15, -0.1) is 0 Å². The van der Waals surface area contributed by atoms with Crippen molar-refractivity contribution in [2.75, 3.05) is 11.9 Å². The van der Waals surface area contributed by atoms with E-state index in [9.17, 15) is 14.4 Å². The van der Waals surface area contributed by atoms with E-state index in [2.05, 4.69) is 21.2 Å². The Labute approximate surface area is 175 Å². The number of carbonyl (C=O) groups is 3. The van der Waals surface area contributed by atoms with Gasteiger partial charge in [0.15, 0.2) is 6.61 Å². The van der Waals surface area contributed by atoms with E-state index in [-0.39, 0.29) is 18.6 Å². The van der Waals surface area contributed by atoms with Crippen LogP contribution in [0.4, 0.5) is 5.69 Å². The molecule has 0 unspecified atom stereocenters. The summed E-state index contributed by atoms with van der Waals surface area (Å²) in [4.78, 5) is 35.2. The second-order valence-corrected chi connectivity index (χ2v) is 6.75. The number of hydrogen-bond donors (Lipinski definition) is 3. The standard InChI is InChI=1S/C22H26N4O4/c1-4-16(3)24-21(28)22(29)26-23-13-17-7-11-19(12-8-17)30-14-20(27)25-18-9-5-15(2)6-10-18/h5-13,16H,4,14H2,1-3H3,(H,24,28)(H,25,27)(H,26,29)/b23-13-/t16-/m1/s1. The third-order valence-electron chi connectivity index (χ3n) is 4.16. The van der Waals surface area contributed by atoms with E-state index in [4.69, 9.17) is 4.74 Å². The lowest BCUT2D eigenvalue weighted by atomic mass is 10.2. The number of rotatable bonds is 8. The van der Waals surface area contributed by atoms with Gasteiger partial charge in [-0.25, -0.2) is 5.43 Å². The predicted octanol–water partition coefficient (Wildman–Crippen LogP) is 2.38. The molecule has 0 bridgehead atoms. The lowest BCUT2D eigenvalue weighted by Gasteiger charge is -2.09. The first-order valence-corrected chi connectivity index (χ1v) is 9.60. The minimum Gasteiger partial charge on any atom is -0.484 e. The molecule has 30 heavy (non-hydrogen) atoms. The summed E-state index contributed by atoms with van der Waals surface area (Å²) in [6.07, 6.45) is 2.13. The van der Waals surface area contributed by atoms with E-state index < -0.39 is 11.8 Å². The lowest BCUT2D eigenvalue weighted by Crippen LogP contribution is -2.41. The first-order valence-electron chi connectivity index (χ1n) is 9.60. The van der Waals surface area contributed by atoms with Gasteiger partial charge < -0.3 is 15.4 Å². The summed E-state index contributed by atoms with van der Waals surface area (Å²) in [7, 11) is 0. The number of ether oxygens (including phenoxy) is 1. The highest BCUT2D eigenvalue weighted by Crippen LogP contribution is 2.12. The van der Waals surface area contributed by atoms with Crippen molar-refractivity contribution in [2.45, 2.75) is 33.2 Å². The van der Waals surface area contributed by atoms with Gasteiger partial charge in [0.25, 0.3) is 5.91 Å². The fraction of sp³-hybridized carbons (Fsp3) is 0.273. The van der Waals surface area contributed by atoms with Gasteiger partial charge in [0.2, 0.25) is 0 Å². The van der Waals surface area contributed by atoms with Crippen LogP contribution in [0.1, 0.15) is 31.4 Å². The monoisotopic (exact) mass is 410 g/mol. The smallest absolute Gasteiger partial charge is 0.329 e. The van der Waals surface area contributed by atoms with Gasteiger partial charge in [-0.2, -0.15) is 5.10 Å². The maximum absolute atomic E-state index is 12.0. The Morgan fingerprint density at radius 3 is 2.33 bits per heavy atom. The molecule has 0 aliphatic rings. The summed E-state index contributed by atoms with van der Waals surface area (Å²) in [5, 5.41) is 9.07. The van der Waals surface area contributed by atoms with Crippen LogP contribution < -0.4 is 20.8 Å². The molecule has 2 aromatic rings. The Kier molecular flexibility index (Phi) is 8.56. The van der Waals surface area contributed by atoms with E-state index >= 15 is 0 Å². The molecule has 0 saturated carbocycles. The summed E-state index contributed by atoms with van der Waals surface area (Å²) in [5.41, 5.74) is 4.69. The average Bonchev–Trinajstić information content (AvgIpc) is 2.74. The number of amides is 3. The summed E-state index contributed by atoms with van der Waals surface area (Å²) in [6.45, 7) is 5.57. The first-order chi connectivity index (χ1) is 14.4. The van der Waals surface area contributed by atoms with Gasteiger partial charge in [0.1, 0.15) is 5.75 Å². The Bertz CT molecular complexity index is 892. The van der Waals surface area contributed by atoms with Crippen LogP contribution in [0, 0.1) is 6.92 Å². The van der Waals surface area contributed by atoms with Gasteiger partial charge in [0, 0.05) is 11.7 Å². The van der Waals surface area contributed by atoms with Crippen LogP contribution in [0.25, 0.3) is 0 Å². The largest absolute Gasteiger partial charge is 0.484 e. The third-order valence-corrected chi connectivity index (χ3v) is 4.16. The fourth-order valence-corrected chi connectivity index (χ4v) is 2.24. The number of benzene rings is 2. The summed E-state index contributed by atoms with van der Waals surface area (Å²) in [5.74, 6) is -1.30. The van der Waals surface area contributed by atoms with Crippen LogP contribution in [0.5, 0.6) is 5.75 Å². The number of hydrogen-bond acceptors (Lipinski definition) is 5. The van der Waals surface area contributed by atoms with Crippen molar-refractivity contribution in [3.05, 3.63) is 59.7 Å². The molecule has 0 aliphatic heterocycles. The number of anilines is 1. The highest BCUT2D eigenvalue weighted by atomic mass is 16.5. The summed E-state index contributed by atoms with van der Waals surface area (Å²) < 4.78 is 5.46. The second kappa shape index (κ2) is 11.4. The lowest BCUT2D eigenvalue weighted by molar-refractivity contribution is -0.139. The van der Waals surface area contributed by atoms with Gasteiger partial charge >= 0.3 is 11.8 Å². The molecule has 0 saturated heterocycles. The zero-order valence-electron chi connectivity index (χ0n) is 17.3. The van der Waals surface area contributed by atoms with E-state index in [1.54, 1.807) is 24.3 Å². The number of aryl methyl sites for hydroxylation is 1. The quantitative estimate of drug-likeness (QED) is 0.353. The topological polar surface area (TPSA) is 109 Å². The molecule has 0 heterocycles. The van der Waals surface area contributed by atoms with Crippen molar-refractivity contribution < 1.29 is 19.1 Å². The minimum atomic E-state index is -0.828. The van der Waals surface area contributed by atoms with Crippen molar-refractivity contribution in [3.8, 4) is 5.75 Å². The molecular formula is C22H26N4O4. The fourth-order valence-electron chi connectivity index (χ4n) is 2.24. The second-order valence-electron chi connectivity index (χ2n) is 6.75. The molecule has 3 amide bonds. The van der Waals surface area contributed by atoms with Crippen molar-refractivity contribution in [1.82, 2.24) is 10.7 Å². The minimum absolute atomic E-state index is 0.0845. The molecule has 0 spiro atoms. The van der Waals surface area contributed by atoms with Crippen LogP contribution in [0.15, 0.2) is 53.6 Å². The van der Waals surface area contributed by atoms with E-state index in [1.807, 2.05) is 45.0 Å². The Hall–Kier alpha value is -3.68. The number of hydrazone groups is 1. The molecule has 158 valence electrons. The van der Waals surface area contributed by atoms with Crippen LogP contribution in [0.3, 0.4) is 0 Å². The summed E-state index contributed by atoms with van der Waals surface area (Å²) >= 11 is 0. The maximum atomic E-state index is 12.0. The van der Waals surface area contributed by atoms with E-state index in [0.29, 0.717) is 17.0 Å². The molecule has 2 aromatic carbocycles. The van der Waals surface area contributed by atoms with Crippen LogP contribution in [0.2, 0.25) is 0 Å². The zero-order chi connectivity index (χ0) is 21.9. The van der Waals surface area contributed by atoms with E-state index in [1.165, 1.54) is 6.21 Å². The third kappa shape index (κ3) is 7.75. The zero-order valence-corrected chi connectivity index (χ0v) is 17.3. The molecule has 3 N–H and O–H groups in total. The van der Waals surface area contributed by atoms with E-state index in [0.717, 1.165) is 12.0 Å². The molecule has 0 radical (unpaired) electrons. The molecule has 1 atom stereocenters. The highest BCUT2D eigenvalue weighted by Gasteiger charge is 2.14. The predicted molar refractivity (Wildman–Crippen MR) is 115 cm³/mol. The van der Waals surface area contributed by atoms with Crippen molar-refractivity contribution >= 4 is 29.6 Å². The molecule has 0 fully saturated rings. The van der Waals surface area contributed by atoms with Crippen LogP contribution >= 0.6 is 0 Å². The summed E-state index contributed by atoms with van der Waals surface area (Å²) in [6, 6.07) is 14.2. The number of carbonyl (C=O) groups excluding carboxylic acids is 3. The molecule has 2 rings (SSSR count). The van der Waals surface area contributed by atoms with Gasteiger partial charge in [0.05, 0.1) is 6.21 Å². The molecular weight excluding hydrogens is 384 g/mol. The van der Waals surface area contributed by atoms with Crippen LogP contribution in [-0.2, 0) is 14.4 Å². The number of nitrogens with one attached hydrogen (secondary N) is 3. The van der Waals surface area contributed by atoms with Gasteiger partial charge in [-0.05, 0) is 62.2 Å². The normalized spacial score (nSPS) is 11.6. The van der Waals surface area contributed by atoms with Gasteiger partial charge in [-0.1, -0.05) is 24.6 Å². The molecule has 0 aromatic heterocycles. The SMILES string of the molecule is CC[C@@H](C)NC(=O)C(=O)N/N=C\c1ccc(OCC(=O)Nc2ccc(C)cc2)cc1. The van der Waals surface area contributed by atoms with Crippen molar-refractivity contribution in [2.24, 2.45) is 5.10 Å². The maximum Gasteiger partial charge on any atom is 0.329 e. The average molecular weight is 410 g/mol. The Morgan fingerprint density at radius 1 is 1.03 bits per heavy atom. The highest BCUT2D eigenvalue weighted by molar-refractivity contribution is 6.35. The number of nitrogens with zero attached hydrogens (tertiary/aromatic N) is 1. The first kappa shape index (κ1) is 22.6. The Morgan fingerprint density at radius 2 is 1.70 bits per heavy atom. The van der Waals surface area contributed by atoms with Crippen LogP contribution in [-0.4, -0.2) is 36.6 Å². The molecule has 8 heteroatoms.